The molecular weight excluding hydrogens is 687 g/mol. The number of aryl methyl sites for hydroxylation is 2. The summed E-state index contributed by atoms with van der Waals surface area (Å²) in [4.78, 5) is 12.7. The zero-order valence-corrected chi connectivity index (χ0v) is 32.9. The van der Waals surface area contributed by atoms with Gasteiger partial charge >= 0.3 is 0 Å². The lowest BCUT2D eigenvalue weighted by Crippen LogP contribution is -2.68. The molecule has 3 aromatic carbocycles. The van der Waals surface area contributed by atoms with Crippen LogP contribution in [0.15, 0.2) is 103 Å². The monoisotopic (exact) mass is 735 g/mol. The standard InChI is InChI=1S/C44H49N7O2Si/c1-30-23-33(50-26-42(27-50)22-21-36(42)32-15-9-6-10-16-32)24-51-39(30)46-40(49-51)44-25-43(28-52-44,37(44)38-45-31(2)47-48-38)29-53-54(41(3,4)5,34-17-11-7-12-18-34)35-19-13-8-14-20-35/h6-20,23-24,36-37H,21-22,25-29H2,1-5H3,(H,45,47,48). The van der Waals surface area contributed by atoms with Crippen molar-refractivity contribution >= 4 is 30.0 Å². The van der Waals surface area contributed by atoms with Gasteiger partial charge in [0.1, 0.15) is 11.4 Å². The van der Waals surface area contributed by atoms with Gasteiger partial charge in [0.15, 0.2) is 17.3 Å². The van der Waals surface area contributed by atoms with Crippen molar-refractivity contribution in [1.82, 2.24) is 29.8 Å². The second-order valence-electron chi connectivity index (χ2n) is 17.7. The van der Waals surface area contributed by atoms with Crippen LogP contribution in [0.3, 0.4) is 0 Å². The molecule has 4 atom stereocenters. The van der Waals surface area contributed by atoms with E-state index in [0.29, 0.717) is 30.4 Å². The number of fused-ring (bicyclic) bond motifs is 2. The third kappa shape index (κ3) is 4.82. The summed E-state index contributed by atoms with van der Waals surface area (Å²) in [6, 6.07) is 35.1. The molecule has 2 saturated carbocycles. The molecule has 9 nitrogen and oxygen atoms in total. The molecule has 54 heavy (non-hydrogen) atoms. The van der Waals surface area contributed by atoms with Crippen LogP contribution in [0.2, 0.25) is 5.04 Å². The molecule has 276 valence electrons. The van der Waals surface area contributed by atoms with Crippen molar-refractivity contribution < 1.29 is 9.16 Å². The lowest BCUT2D eigenvalue weighted by atomic mass is 9.53. The maximum absolute atomic E-state index is 7.58. The number of aromatic nitrogens is 6. The van der Waals surface area contributed by atoms with Gasteiger partial charge in [0.2, 0.25) is 0 Å². The number of hydrogen-bond donors (Lipinski definition) is 1. The molecule has 0 amide bonds. The van der Waals surface area contributed by atoms with Crippen LogP contribution in [0, 0.1) is 24.7 Å². The molecule has 10 heteroatoms. The van der Waals surface area contributed by atoms with Gasteiger partial charge in [0.05, 0.1) is 24.4 Å². The minimum Gasteiger partial charge on any atom is -0.407 e. The number of pyridine rings is 1. The molecule has 1 N–H and O–H groups in total. The highest BCUT2D eigenvalue weighted by molar-refractivity contribution is 6.99. The second kappa shape index (κ2) is 11.9. The van der Waals surface area contributed by atoms with Crippen LogP contribution in [0.5, 0.6) is 0 Å². The topological polar surface area (TPSA) is 93.5 Å². The Morgan fingerprint density at radius 1 is 0.907 bits per heavy atom. The molecule has 5 fully saturated rings. The first-order valence-corrected chi connectivity index (χ1v) is 21.4. The number of hydrogen-bond acceptors (Lipinski definition) is 7. The van der Waals surface area contributed by atoms with Crippen molar-refractivity contribution in [2.45, 2.75) is 76.4 Å². The first-order valence-electron chi connectivity index (χ1n) is 19.5. The van der Waals surface area contributed by atoms with E-state index in [9.17, 15) is 0 Å². The summed E-state index contributed by atoms with van der Waals surface area (Å²) >= 11 is 0. The molecule has 2 bridgehead atoms. The maximum atomic E-state index is 7.58. The molecular formula is C44H49N7O2Si. The van der Waals surface area contributed by atoms with E-state index in [2.05, 4.69) is 141 Å². The van der Waals surface area contributed by atoms with E-state index in [4.69, 9.17) is 29.3 Å². The maximum Gasteiger partial charge on any atom is 0.261 e. The fraction of sp³-hybridized carbons (Fsp3) is 0.409. The van der Waals surface area contributed by atoms with Gasteiger partial charge in [-0.1, -0.05) is 112 Å². The van der Waals surface area contributed by atoms with Crippen LogP contribution in [0.25, 0.3) is 5.65 Å². The first kappa shape index (κ1) is 33.9. The molecule has 5 aliphatic rings. The molecule has 3 aromatic heterocycles. The van der Waals surface area contributed by atoms with Crippen LogP contribution in [-0.2, 0) is 14.8 Å². The summed E-state index contributed by atoms with van der Waals surface area (Å²) in [5.41, 5.74) is 3.97. The Morgan fingerprint density at radius 3 is 2.17 bits per heavy atom. The largest absolute Gasteiger partial charge is 0.407 e. The number of anilines is 1. The summed E-state index contributed by atoms with van der Waals surface area (Å²) in [6.07, 6.45) is 5.48. The highest BCUT2D eigenvalue weighted by atomic mass is 28.4. The van der Waals surface area contributed by atoms with Gasteiger partial charge in [-0.15, -0.1) is 5.10 Å². The Balaban J connectivity index is 0.971. The third-order valence-electron chi connectivity index (χ3n) is 13.4. The summed E-state index contributed by atoms with van der Waals surface area (Å²) in [5, 5.41) is 15.5. The summed E-state index contributed by atoms with van der Waals surface area (Å²) in [5.74, 6) is 2.72. The third-order valence-corrected chi connectivity index (χ3v) is 18.4. The number of rotatable bonds is 9. The smallest absolute Gasteiger partial charge is 0.261 e. The van der Waals surface area contributed by atoms with E-state index >= 15 is 0 Å². The number of nitrogens with zero attached hydrogens (tertiary/aromatic N) is 6. The Labute approximate surface area is 318 Å². The van der Waals surface area contributed by atoms with Crippen molar-refractivity contribution in [1.29, 1.82) is 0 Å². The van der Waals surface area contributed by atoms with Crippen molar-refractivity contribution in [2.24, 2.45) is 10.8 Å². The fourth-order valence-corrected chi connectivity index (χ4v) is 15.4. The molecule has 3 saturated heterocycles. The molecule has 0 radical (unpaired) electrons. The number of nitrogens with one attached hydrogen (secondary N) is 1. The number of aromatic amines is 1. The summed E-state index contributed by atoms with van der Waals surface area (Å²) < 4.78 is 16.5. The van der Waals surface area contributed by atoms with Crippen molar-refractivity contribution in [3.8, 4) is 0 Å². The van der Waals surface area contributed by atoms with E-state index in [1.165, 1.54) is 34.5 Å². The summed E-state index contributed by atoms with van der Waals surface area (Å²) in [6.45, 7) is 14.3. The lowest BCUT2D eigenvalue weighted by molar-refractivity contribution is -0.0694. The Bertz CT molecular complexity index is 2290. The van der Waals surface area contributed by atoms with E-state index < -0.39 is 13.9 Å². The van der Waals surface area contributed by atoms with E-state index in [1.54, 1.807) is 0 Å². The van der Waals surface area contributed by atoms with Gasteiger partial charge in [-0.05, 0) is 71.6 Å². The van der Waals surface area contributed by atoms with Crippen molar-refractivity contribution in [3.63, 3.8) is 0 Å². The molecule has 6 heterocycles. The highest BCUT2D eigenvalue weighted by Gasteiger charge is 2.75. The van der Waals surface area contributed by atoms with Crippen LogP contribution in [-0.4, -0.2) is 64.4 Å². The first-order chi connectivity index (χ1) is 26.1. The molecule has 3 aliphatic heterocycles. The Morgan fingerprint density at radius 2 is 1.57 bits per heavy atom. The highest BCUT2D eigenvalue weighted by Crippen LogP contribution is 2.70. The van der Waals surface area contributed by atoms with Gasteiger partial charge in [0, 0.05) is 30.5 Å². The lowest BCUT2D eigenvalue weighted by Gasteiger charge is -2.61. The summed E-state index contributed by atoms with van der Waals surface area (Å²) in [7, 11) is -2.79. The van der Waals surface area contributed by atoms with Crippen molar-refractivity contribution in [3.05, 3.63) is 132 Å². The average molecular weight is 736 g/mol. The normalized spacial score (nSPS) is 25.8. The number of ether oxygens (including phenoxy) is 1. The predicted molar refractivity (Wildman–Crippen MR) is 213 cm³/mol. The van der Waals surface area contributed by atoms with Gasteiger partial charge < -0.3 is 14.1 Å². The van der Waals surface area contributed by atoms with Crippen LogP contribution in [0.4, 0.5) is 5.69 Å². The van der Waals surface area contributed by atoms with Crippen molar-refractivity contribution in [2.75, 3.05) is 31.2 Å². The zero-order valence-electron chi connectivity index (χ0n) is 31.9. The molecule has 2 aliphatic carbocycles. The van der Waals surface area contributed by atoms with Gasteiger partial charge in [-0.2, -0.15) is 5.10 Å². The molecule has 11 rings (SSSR count). The minimum atomic E-state index is -2.79. The SMILES string of the molecule is Cc1nc(C2C3(CO[Si](c4ccccc4)(c4ccccc4)C(C)(C)C)COC2(c2nc4c(C)cc(N5CC6(CCC6c6ccccc6)C5)cn4n2)C3)n[nH]1. The van der Waals surface area contributed by atoms with E-state index in [-0.39, 0.29) is 16.4 Å². The van der Waals surface area contributed by atoms with E-state index in [1.807, 2.05) is 11.4 Å². The molecule has 6 aromatic rings. The number of H-pyrrole nitrogens is 1. The van der Waals surface area contributed by atoms with Gasteiger partial charge in [0.25, 0.3) is 8.32 Å². The zero-order chi connectivity index (χ0) is 36.9. The van der Waals surface area contributed by atoms with Crippen LogP contribution < -0.4 is 15.3 Å². The van der Waals surface area contributed by atoms with E-state index in [0.717, 1.165) is 42.4 Å². The Hall–Kier alpha value is -4.64. The number of benzene rings is 3. The second-order valence-corrected chi connectivity index (χ2v) is 22.0. The molecule has 4 unspecified atom stereocenters. The van der Waals surface area contributed by atoms with Gasteiger partial charge in [-0.3, -0.25) is 5.10 Å². The van der Waals surface area contributed by atoms with Crippen LogP contribution in [0.1, 0.15) is 80.5 Å². The average Bonchev–Trinajstić information content (AvgIpc) is 3.91. The fourth-order valence-electron chi connectivity index (χ4n) is 10.7. The van der Waals surface area contributed by atoms with Crippen LogP contribution >= 0.6 is 0 Å². The quantitative estimate of drug-likeness (QED) is 0.163. The molecule has 1 spiro atoms. The minimum absolute atomic E-state index is 0.140. The Kier molecular flexibility index (Phi) is 7.49. The predicted octanol–water partition coefficient (Wildman–Crippen LogP) is 6.82. The van der Waals surface area contributed by atoms with Gasteiger partial charge in [-0.25, -0.2) is 14.5 Å².